The van der Waals surface area contributed by atoms with Crippen LogP contribution in [-0.2, 0) is 0 Å². The van der Waals surface area contributed by atoms with Crippen molar-refractivity contribution >= 4 is 192 Å². The number of fused-ring (bicyclic) bond motifs is 27. The zero-order valence-electron chi connectivity index (χ0n) is 62.9. The van der Waals surface area contributed by atoms with E-state index in [-0.39, 0.29) is 0 Å². The molecule has 0 unspecified atom stereocenters. The first-order valence-electron chi connectivity index (χ1n) is 39.3. The van der Waals surface area contributed by atoms with Crippen LogP contribution in [0.3, 0.4) is 0 Å². The maximum atomic E-state index is 5.20. The van der Waals surface area contributed by atoms with Crippen LogP contribution >= 0.6 is 34.0 Å². The Labute approximate surface area is 683 Å². The Morgan fingerprint density at radius 3 is 0.709 bits per heavy atom. The molecule has 544 valence electrons. The Bertz CT molecular complexity index is 8230. The molecule has 0 aliphatic rings. The molecule has 0 bridgehead atoms. The standard InChI is InChI=1S/C40H24N2S.2C34H20N2S/c1-3-11-33-30(8-1)31-9-2-4-12-34(31)39-38(33)41-24-36(42-39)28-22-18-26(19-23-28)25-16-20-27(21-17-25)29-13-7-14-35-32-10-5-6-15-37(32)43-40(29)35;1-3-14-27-24(11-1)25-12-2-4-15-28(25)33-32(27)35-20-30(36-33)22-10-7-9-21(19-22)23-16-8-17-29-26-13-5-6-18-31(26)37-34(23)29;1-3-11-27-24(8-1)25-9-2-4-12-28(25)33-32(27)35-20-30(36-33)22-18-16-21(17-19-22)23-13-7-14-29-26-10-5-6-15-31(26)37-34(23)29/h1-24H;2*1-20H. The van der Waals surface area contributed by atoms with Crippen molar-refractivity contribution < 1.29 is 0 Å². The summed E-state index contributed by atoms with van der Waals surface area (Å²) in [5.41, 5.74) is 21.4. The highest BCUT2D eigenvalue weighted by Crippen LogP contribution is 2.46. The molecule has 25 aromatic rings. The van der Waals surface area contributed by atoms with Crippen molar-refractivity contribution in [1.29, 1.82) is 0 Å². The van der Waals surface area contributed by atoms with Crippen LogP contribution in [-0.4, -0.2) is 29.9 Å². The average Bonchev–Trinajstić information content (AvgIpc) is 1.64. The molecule has 6 aromatic heterocycles. The van der Waals surface area contributed by atoms with Crippen LogP contribution in [0.5, 0.6) is 0 Å². The van der Waals surface area contributed by atoms with E-state index >= 15 is 0 Å². The molecule has 0 amide bonds. The second-order valence-electron chi connectivity index (χ2n) is 29.8. The van der Waals surface area contributed by atoms with Crippen LogP contribution in [0.25, 0.3) is 237 Å². The molecule has 0 radical (unpaired) electrons. The minimum atomic E-state index is 0.881. The summed E-state index contributed by atoms with van der Waals surface area (Å²) in [7, 11) is 0. The van der Waals surface area contributed by atoms with Gasteiger partial charge in [0.1, 0.15) is 0 Å². The monoisotopic (exact) mass is 1540 g/mol. The Kier molecular flexibility index (Phi) is 16.4. The third-order valence-corrected chi connectivity index (χ3v) is 26.8. The summed E-state index contributed by atoms with van der Waals surface area (Å²) in [6, 6.07) is 132. The van der Waals surface area contributed by atoms with Crippen molar-refractivity contribution in [2.75, 3.05) is 0 Å². The second-order valence-corrected chi connectivity index (χ2v) is 32.9. The van der Waals surface area contributed by atoms with Crippen LogP contribution in [0, 0.1) is 0 Å². The van der Waals surface area contributed by atoms with Crippen molar-refractivity contribution in [2.45, 2.75) is 0 Å². The topological polar surface area (TPSA) is 77.3 Å². The van der Waals surface area contributed by atoms with Gasteiger partial charge in [-0.2, -0.15) is 0 Å². The van der Waals surface area contributed by atoms with Gasteiger partial charge in [-0.1, -0.05) is 346 Å². The van der Waals surface area contributed by atoms with Gasteiger partial charge in [-0.05, 0) is 101 Å². The Morgan fingerprint density at radius 1 is 0.154 bits per heavy atom. The van der Waals surface area contributed by atoms with Gasteiger partial charge < -0.3 is 0 Å². The van der Waals surface area contributed by atoms with Crippen molar-refractivity contribution in [3.8, 4) is 78.3 Å². The number of thiophene rings is 3. The molecule has 0 atom stereocenters. The number of aromatic nitrogens is 6. The molecule has 6 nitrogen and oxygen atoms in total. The molecule has 0 saturated heterocycles. The van der Waals surface area contributed by atoms with E-state index in [9.17, 15) is 0 Å². The van der Waals surface area contributed by atoms with Crippen molar-refractivity contribution in [3.05, 3.63) is 389 Å². The van der Waals surface area contributed by atoms with Gasteiger partial charge in [0.25, 0.3) is 0 Å². The van der Waals surface area contributed by atoms with E-state index in [1.165, 1.54) is 137 Å². The van der Waals surface area contributed by atoms with E-state index in [0.717, 1.165) is 99.2 Å². The summed E-state index contributed by atoms with van der Waals surface area (Å²) in [6.45, 7) is 0. The normalized spacial score (nSPS) is 11.8. The maximum absolute atomic E-state index is 5.20. The summed E-state index contributed by atoms with van der Waals surface area (Å²) in [6.07, 6.45) is 5.73. The van der Waals surface area contributed by atoms with Crippen molar-refractivity contribution in [1.82, 2.24) is 29.9 Å². The Balaban J connectivity index is 0.000000104. The molecular formula is C108H64N6S3. The SMILES string of the molecule is c1cc(-c2cnc3c4ccccc4c4ccccc4c3n2)cc(-c2cccc3c2sc2ccccc23)c1.c1ccc2c(c1)sc1c(-c3ccc(-c4ccc(-c5cnc6c7ccccc7c7ccccc7c6n5)cc4)cc3)cccc12.c1ccc2c(c1)sc1c(-c3ccc(-c4cnc5c6ccccc6c6ccccc6c5n4)cc3)cccc12. The van der Waals surface area contributed by atoms with Crippen LogP contribution in [0.1, 0.15) is 0 Å². The lowest BCUT2D eigenvalue weighted by molar-refractivity contribution is 1.31. The van der Waals surface area contributed by atoms with E-state index < -0.39 is 0 Å². The summed E-state index contributed by atoms with van der Waals surface area (Å²) < 4.78 is 7.98. The van der Waals surface area contributed by atoms with Gasteiger partial charge in [0.2, 0.25) is 0 Å². The third-order valence-electron chi connectivity index (χ3n) is 23.2. The molecule has 117 heavy (non-hydrogen) atoms. The first kappa shape index (κ1) is 68.1. The second kappa shape index (κ2) is 28.2. The van der Waals surface area contributed by atoms with Gasteiger partial charge in [-0.3, -0.25) is 15.0 Å². The van der Waals surface area contributed by atoms with Crippen LogP contribution < -0.4 is 0 Å². The molecule has 0 saturated carbocycles. The molecule has 0 aliphatic heterocycles. The quantitative estimate of drug-likeness (QED) is 0.148. The summed E-state index contributed by atoms with van der Waals surface area (Å²) >= 11 is 5.60. The number of benzene rings is 19. The average molecular weight is 1540 g/mol. The minimum absolute atomic E-state index is 0.881. The van der Waals surface area contributed by atoms with E-state index in [2.05, 4.69) is 370 Å². The summed E-state index contributed by atoms with van der Waals surface area (Å²) in [5, 5.41) is 22.0. The zero-order valence-corrected chi connectivity index (χ0v) is 65.3. The molecule has 0 fully saturated rings. The maximum Gasteiger partial charge on any atom is 0.0979 e. The van der Waals surface area contributed by atoms with E-state index in [1.807, 2.05) is 52.6 Å². The van der Waals surface area contributed by atoms with Crippen molar-refractivity contribution in [3.63, 3.8) is 0 Å². The minimum Gasteiger partial charge on any atom is -0.252 e. The fourth-order valence-corrected chi connectivity index (χ4v) is 21.3. The number of hydrogen-bond acceptors (Lipinski definition) is 9. The number of hydrogen-bond donors (Lipinski definition) is 0. The molecule has 19 aromatic carbocycles. The van der Waals surface area contributed by atoms with Gasteiger partial charge in [0.15, 0.2) is 0 Å². The highest BCUT2D eigenvalue weighted by molar-refractivity contribution is 7.27. The fourth-order valence-electron chi connectivity index (χ4n) is 17.6. The Hall–Kier alpha value is -14.6. The van der Waals surface area contributed by atoms with Crippen molar-refractivity contribution in [2.24, 2.45) is 0 Å². The van der Waals surface area contributed by atoms with Gasteiger partial charge in [0.05, 0.1) is 68.8 Å². The predicted molar refractivity (Wildman–Crippen MR) is 500 cm³/mol. The van der Waals surface area contributed by atoms with Gasteiger partial charge in [0, 0.05) is 110 Å². The highest BCUT2D eigenvalue weighted by atomic mass is 32.1. The first-order valence-corrected chi connectivity index (χ1v) is 41.8. The van der Waals surface area contributed by atoms with Gasteiger partial charge >= 0.3 is 0 Å². The Morgan fingerprint density at radius 2 is 0.385 bits per heavy atom. The molecule has 0 N–H and O–H groups in total. The van der Waals surface area contributed by atoms with Gasteiger partial charge in [-0.15, -0.1) is 34.0 Å². The van der Waals surface area contributed by atoms with Crippen LogP contribution in [0.15, 0.2) is 389 Å². The molecule has 9 heteroatoms. The lowest BCUT2D eigenvalue weighted by Crippen LogP contribution is -1.92. The van der Waals surface area contributed by atoms with E-state index in [1.54, 1.807) is 0 Å². The predicted octanol–water partition coefficient (Wildman–Crippen LogP) is 30.6. The lowest BCUT2D eigenvalue weighted by atomic mass is 9.98. The fraction of sp³-hybridized carbons (Fsp3) is 0. The van der Waals surface area contributed by atoms with Gasteiger partial charge in [-0.25, -0.2) is 15.0 Å². The molecular weight excluding hydrogens is 1480 g/mol. The molecule has 6 heterocycles. The lowest BCUT2D eigenvalue weighted by Gasteiger charge is -2.11. The van der Waals surface area contributed by atoms with E-state index in [4.69, 9.17) is 29.9 Å². The molecule has 0 spiro atoms. The van der Waals surface area contributed by atoms with Crippen LogP contribution in [0.2, 0.25) is 0 Å². The summed E-state index contributed by atoms with van der Waals surface area (Å²) in [4.78, 5) is 30.3. The highest BCUT2D eigenvalue weighted by Gasteiger charge is 2.20. The zero-order chi connectivity index (χ0) is 77.0. The third kappa shape index (κ3) is 11.6. The molecule has 0 aliphatic carbocycles. The smallest absolute Gasteiger partial charge is 0.0979 e. The first-order chi connectivity index (χ1) is 58.0. The van der Waals surface area contributed by atoms with Crippen LogP contribution in [0.4, 0.5) is 0 Å². The summed E-state index contributed by atoms with van der Waals surface area (Å²) in [5.74, 6) is 0. The molecule has 25 rings (SSSR count). The number of nitrogens with zero attached hydrogens (tertiary/aromatic N) is 6. The number of rotatable bonds is 7. The van der Waals surface area contributed by atoms with E-state index in [0.29, 0.717) is 0 Å². The largest absolute Gasteiger partial charge is 0.252 e.